The van der Waals surface area contributed by atoms with Gasteiger partial charge in [-0.15, -0.1) is 0 Å². The first-order chi connectivity index (χ1) is 14.3. The summed E-state index contributed by atoms with van der Waals surface area (Å²) in [6.07, 6.45) is 3.39. The average Bonchev–Trinajstić information content (AvgIpc) is 3.08. The molecule has 0 atom stereocenters. The van der Waals surface area contributed by atoms with E-state index in [9.17, 15) is 9.59 Å². The van der Waals surface area contributed by atoms with Gasteiger partial charge in [0.05, 0.1) is 15.6 Å². The van der Waals surface area contributed by atoms with E-state index in [4.69, 9.17) is 10.1 Å². The molecule has 1 N–H and O–H groups in total. The van der Waals surface area contributed by atoms with E-state index in [1.54, 1.807) is 47.5 Å². The molecule has 8 heteroatoms. The first-order valence-corrected chi connectivity index (χ1v) is 10.6. The third kappa shape index (κ3) is 4.01. The number of aryl methyl sites for hydroxylation is 1. The Morgan fingerprint density at radius 1 is 1.20 bits per heavy atom. The van der Waals surface area contributed by atoms with Gasteiger partial charge in [0.1, 0.15) is 11.6 Å². The summed E-state index contributed by atoms with van der Waals surface area (Å²) in [7, 11) is 0. The van der Waals surface area contributed by atoms with Crippen LogP contribution in [-0.4, -0.2) is 27.8 Å². The van der Waals surface area contributed by atoms with E-state index in [1.807, 2.05) is 26.0 Å². The molecule has 4 rings (SSSR count). The van der Waals surface area contributed by atoms with Crippen LogP contribution >= 0.6 is 27.7 Å². The summed E-state index contributed by atoms with van der Waals surface area (Å²) in [6, 6.07) is 12.2. The van der Waals surface area contributed by atoms with Gasteiger partial charge in [0.15, 0.2) is 5.17 Å². The number of amides is 1. The quantitative estimate of drug-likeness (QED) is 0.372. The second-order valence-corrected chi connectivity index (χ2v) is 8.83. The minimum atomic E-state index is -0.457. The maximum Gasteiger partial charge on any atom is 0.343 e. The summed E-state index contributed by atoms with van der Waals surface area (Å²) in [6.45, 7) is 3.85. The van der Waals surface area contributed by atoms with Gasteiger partial charge in [0.2, 0.25) is 0 Å². The van der Waals surface area contributed by atoms with Crippen LogP contribution in [0.2, 0.25) is 0 Å². The minimum absolute atomic E-state index is 0.0837. The van der Waals surface area contributed by atoms with Crippen LogP contribution in [0.5, 0.6) is 5.75 Å². The van der Waals surface area contributed by atoms with Crippen molar-refractivity contribution >= 4 is 56.6 Å². The zero-order chi connectivity index (χ0) is 21.4. The van der Waals surface area contributed by atoms with Gasteiger partial charge >= 0.3 is 5.97 Å². The molecule has 0 fully saturated rings. The fourth-order valence-corrected chi connectivity index (χ4v) is 4.20. The molecule has 2 heterocycles. The van der Waals surface area contributed by atoms with Crippen molar-refractivity contribution < 1.29 is 14.3 Å². The van der Waals surface area contributed by atoms with Crippen LogP contribution in [0.3, 0.4) is 0 Å². The average molecular weight is 482 g/mol. The van der Waals surface area contributed by atoms with E-state index in [0.29, 0.717) is 26.5 Å². The highest BCUT2D eigenvalue weighted by Gasteiger charge is 2.32. The second kappa shape index (κ2) is 8.04. The Kier molecular flexibility index (Phi) is 5.44. The smallest absolute Gasteiger partial charge is 0.343 e. The lowest BCUT2D eigenvalue weighted by molar-refractivity contribution is -0.114. The SMILES string of the molecule is CC1=CN2C(=N)/C(=C/c3ccc(OC(=O)c4ccc(C)cc4)c(Br)c3)C(=O)N=C2S1. The van der Waals surface area contributed by atoms with Crippen molar-refractivity contribution in [2.75, 3.05) is 0 Å². The van der Waals surface area contributed by atoms with Crippen molar-refractivity contribution in [3.8, 4) is 5.75 Å². The van der Waals surface area contributed by atoms with Crippen molar-refractivity contribution in [2.45, 2.75) is 13.8 Å². The van der Waals surface area contributed by atoms with Crippen molar-refractivity contribution in [3.63, 3.8) is 0 Å². The van der Waals surface area contributed by atoms with E-state index in [-0.39, 0.29) is 11.4 Å². The van der Waals surface area contributed by atoms with Crippen LogP contribution in [0.25, 0.3) is 6.08 Å². The summed E-state index contributed by atoms with van der Waals surface area (Å²) >= 11 is 4.78. The van der Waals surface area contributed by atoms with E-state index in [2.05, 4.69) is 20.9 Å². The number of nitrogens with one attached hydrogen (secondary N) is 1. The van der Waals surface area contributed by atoms with Crippen LogP contribution in [0.1, 0.15) is 28.4 Å². The molecule has 0 unspecified atom stereocenters. The van der Waals surface area contributed by atoms with Crippen LogP contribution in [0.4, 0.5) is 0 Å². The standard InChI is InChI=1S/C22H16BrN3O3S/c1-12-3-6-15(7-4-12)21(28)29-18-8-5-14(10-17(18)23)9-16-19(24)26-11-13(2)30-22(26)25-20(16)27/h3-11,24H,1-2H3/b16-9-,24-19?. The van der Waals surface area contributed by atoms with Gasteiger partial charge in [-0.2, -0.15) is 4.99 Å². The summed E-state index contributed by atoms with van der Waals surface area (Å²) in [4.78, 5) is 31.4. The Morgan fingerprint density at radius 3 is 2.63 bits per heavy atom. The molecule has 2 aromatic carbocycles. The number of benzene rings is 2. The highest BCUT2D eigenvalue weighted by molar-refractivity contribution is 9.10. The normalized spacial score (nSPS) is 17.0. The summed E-state index contributed by atoms with van der Waals surface area (Å²) < 4.78 is 6.03. The number of carbonyl (C=O) groups is 2. The van der Waals surface area contributed by atoms with Crippen LogP contribution in [-0.2, 0) is 4.79 Å². The zero-order valence-electron chi connectivity index (χ0n) is 16.1. The zero-order valence-corrected chi connectivity index (χ0v) is 18.5. The number of allylic oxidation sites excluding steroid dienone is 1. The molecule has 0 spiro atoms. The number of hydrogen-bond acceptors (Lipinski definition) is 5. The Balaban J connectivity index is 1.56. The molecule has 2 aliphatic heterocycles. The van der Waals surface area contributed by atoms with Crippen molar-refractivity contribution in [1.82, 2.24) is 4.90 Å². The van der Waals surface area contributed by atoms with Gasteiger partial charge in [-0.3, -0.25) is 15.1 Å². The molecule has 150 valence electrons. The fraction of sp³-hybridized carbons (Fsp3) is 0.0909. The molecular weight excluding hydrogens is 466 g/mol. The third-order valence-electron chi connectivity index (χ3n) is 4.45. The number of ether oxygens (including phenoxy) is 1. The Bertz CT molecular complexity index is 1180. The fourth-order valence-electron chi connectivity index (χ4n) is 2.91. The number of aliphatic imine (C=N–C) groups is 1. The molecule has 0 aromatic heterocycles. The molecule has 0 bridgehead atoms. The minimum Gasteiger partial charge on any atom is -0.422 e. The number of thioether (sulfide) groups is 1. The molecule has 0 saturated heterocycles. The lowest BCUT2D eigenvalue weighted by Gasteiger charge is -2.22. The van der Waals surface area contributed by atoms with Gasteiger partial charge in [-0.25, -0.2) is 4.79 Å². The van der Waals surface area contributed by atoms with Gasteiger partial charge in [-0.1, -0.05) is 35.5 Å². The van der Waals surface area contributed by atoms with Gasteiger partial charge in [-0.05, 0) is 65.7 Å². The Hall–Kier alpha value is -2.97. The topological polar surface area (TPSA) is 82.8 Å². The molecular formula is C22H16BrN3O3S. The number of carbonyl (C=O) groups excluding carboxylic acids is 2. The summed E-state index contributed by atoms with van der Waals surface area (Å²) in [5.41, 5.74) is 2.39. The maximum atomic E-state index is 12.4. The Morgan fingerprint density at radius 2 is 1.93 bits per heavy atom. The molecule has 0 saturated carbocycles. The van der Waals surface area contributed by atoms with E-state index < -0.39 is 11.9 Å². The summed E-state index contributed by atoms with van der Waals surface area (Å²) in [5.74, 6) is -0.461. The van der Waals surface area contributed by atoms with Gasteiger partial charge in [0.25, 0.3) is 5.91 Å². The van der Waals surface area contributed by atoms with Crippen molar-refractivity contribution in [2.24, 2.45) is 4.99 Å². The first kappa shape index (κ1) is 20.3. The third-order valence-corrected chi connectivity index (χ3v) is 5.97. The lowest BCUT2D eigenvalue weighted by atomic mass is 10.1. The molecule has 2 aliphatic rings. The number of halogens is 1. The van der Waals surface area contributed by atoms with Gasteiger partial charge in [0, 0.05) is 11.1 Å². The molecule has 1 amide bonds. The molecule has 2 aromatic rings. The van der Waals surface area contributed by atoms with E-state index >= 15 is 0 Å². The van der Waals surface area contributed by atoms with Crippen LogP contribution in [0.15, 0.2) is 68.6 Å². The first-order valence-electron chi connectivity index (χ1n) is 8.99. The van der Waals surface area contributed by atoms with E-state index in [1.165, 1.54) is 11.8 Å². The number of esters is 1. The lowest BCUT2D eigenvalue weighted by Crippen LogP contribution is -2.35. The second-order valence-electron chi connectivity index (χ2n) is 6.76. The number of amidine groups is 2. The van der Waals surface area contributed by atoms with Gasteiger partial charge < -0.3 is 4.74 Å². The number of rotatable bonds is 3. The molecule has 0 aliphatic carbocycles. The molecule has 6 nitrogen and oxygen atoms in total. The highest BCUT2D eigenvalue weighted by atomic mass is 79.9. The molecule has 30 heavy (non-hydrogen) atoms. The highest BCUT2D eigenvalue weighted by Crippen LogP contribution is 2.33. The predicted octanol–water partition coefficient (Wildman–Crippen LogP) is 5.14. The largest absolute Gasteiger partial charge is 0.422 e. The monoisotopic (exact) mass is 481 g/mol. The Labute approximate surface area is 186 Å². The van der Waals surface area contributed by atoms with Crippen LogP contribution < -0.4 is 4.74 Å². The van der Waals surface area contributed by atoms with E-state index in [0.717, 1.165) is 10.5 Å². The van der Waals surface area contributed by atoms with Crippen molar-refractivity contribution in [1.29, 1.82) is 5.41 Å². The number of fused-ring (bicyclic) bond motifs is 1. The maximum absolute atomic E-state index is 12.4. The van der Waals surface area contributed by atoms with Crippen LogP contribution in [0, 0.1) is 12.3 Å². The summed E-state index contributed by atoms with van der Waals surface area (Å²) in [5, 5.41) is 8.86. The predicted molar refractivity (Wildman–Crippen MR) is 122 cm³/mol. The number of nitrogens with zero attached hydrogens (tertiary/aromatic N) is 2. The van der Waals surface area contributed by atoms with Crippen molar-refractivity contribution in [3.05, 3.63) is 80.3 Å². The molecule has 0 radical (unpaired) electrons. The number of hydrogen-bond donors (Lipinski definition) is 1.